The lowest BCUT2D eigenvalue weighted by Crippen LogP contribution is -2.23. The number of halogens is 6. The molecule has 0 amide bonds. The summed E-state index contributed by atoms with van der Waals surface area (Å²) in [5, 5.41) is 15.9. The Hall–Kier alpha value is -3.48. The molecule has 1 unspecified atom stereocenters. The Morgan fingerprint density at radius 3 is 2.13 bits per heavy atom. The highest BCUT2D eigenvalue weighted by Crippen LogP contribution is 2.35. The third-order valence-electron chi connectivity index (χ3n) is 3.87. The zero-order valence-corrected chi connectivity index (χ0v) is 15.1. The van der Waals surface area contributed by atoms with Crippen molar-refractivity contribution in [2.24, 2.45) is 0 Å². The van der Waals surface area contributed by atoms with Crippen molar-refractivity contribution in [3.05, 3.63) is 71.3 Å². The van der Waals surface area contributed by atoms with Crippen molar-refractivity contribution in [1.82, 2.24) is 0 Å². The van der Waals surface area contributed by atoms with Crippen molar-refractivity contribution in [3.8, 4) is 17.6 Å². The van der Waals surface area contributed by atoms with E-state index in [4.69, 9.17) is 20.1 Å². The van der Waals surface area contributed by atoms with Crippen LogP contribution >= 0.6 is 0 Å². The molecule has 0 bridgehead atoms. The maximum Gasteiger partial charge on any atom is 0.417 e. The standard InChI is InChI=1S/C20H14F6N2O2/c1-2-14(30-16-6-4-13(10-28)18(8-16)20(24,25)26)11-29-15-5-3-12(9-27)17(7-15)19(21,22)23/h2-9,14,27H,1,11H2. The Bertz CT molecular complexity index is 977. The van der Waals surface area contributed by atoms with Gasteiger partial charge in [-0.2, -0.15) is 31.6 Å². The highest BCUT2D eigenvalue weighted by Gasteiger charge is 2.35. The van der Waals surface area contributed by atoms with E-state index in [0.717, 1.165) is 18.2 Å². The van der Waals surface area contributed by atoms with Crippen LogP contribution in [0, 0.1) is 16.7 Å². The van der Waals surface area contributed by atoms with Crippen LogP contribution < -0.4 is 9.47 Å². The Kier molecular flexibility index (Phi) is 6.77. The van der Waals surface area contributed by atoms with Gasteiger partial charge in [0.25, 0.3) is 0 Å². The summed E-state index contributed by atoms with van der Waals surface area (Å²) < 4.78 is 88.9. The predicted molar refractivity (Wildman–Crippen MR) is 95.6 cm³/mol. The van der Waals surface area contributed by atoms with Crippen LogP contribution in [-0.2, 0) is 12.4 Å². The van der Waals surface area contributed by atoms with Gasteiger partial charge in [-0.1, -0.05) is 6.58 Å². The van der Waals surface area contributed by atoms with E-state index in [9.17, 15) is 26.3 Å². The smallest absolute Gasteiger partial charge is 0.417 e. The third kappa shape index (κ3) is 5.53. The van der Waals surface area contributed by atoms with Crippen molar-refractivity contribution in [3.63, 3.8) is 0 Å². The maximum atomic E-state index is 13.0. The first-order valence-electron chi connectivity index (χ1n) is 8.24. The summed E-state index contributed by atoms with van der Waals surface area (Å²) in [6.45, 7) is 3.13. The SMILES string of the molecule is C=CC(COc1ccc(C=N)c(C(F)(F)F)c1)Oc1ccc(C#N)c(C(F)(F)F)c1. The molecule has 0 saturated carbocycles. The number of hydrogen-bond acceptors (Lipinski definition) is 4. The number of nitrogens with one attached hydrogen (secondary N) is 1. The molecule has 0 spiro atoms. The van der Waals surface area contributed by atoms with Gasteiger partial charge in [-0.3, -0.25) is 0 Å². The van der Waals surface area contributed by atoms with Gasteiger partial charge in [0.15, 0.2) is 6.10 Å². The summed E-state index contributed by atoms with van der Waals surface area (Å²) >= 11 is 0. The van der Waals surface area contributed by atoms with Gasteiger partial charge in [0.2, 0.25) is 0 Å². The minimum absolute atomic E-state index is 0.167. The van der Waals surface area contributed by atoms with Crippen LogP contribution in [0.25, 0.3) is 0 Å². The highest BCUT2D eigenvalue weighted by molar-refractivity contribution is 5.80. The van der Waals surface area contributed by atoms with Crippen LogP contribution in [0.2, 0.25) is 0 Å². The van der Waals surface area contributed by atoms with E-state index >= 15 is 0 Å². The van der Waals surface area contributed by atoms with Crippen LogP contribution in [0.3, 0.4) is 0 Å². The molecule has 0 saturated heterocycles. The van der Waals surface area contributed by atoms with E-state index < -0.39 is 35.1 Å². The van der Waals surface area contributed by atoms with Gasteiger partial charge in [-0.15, -0.1) is 0 Å². The maximum absolute atomic E-state index is 13.0. The predicted octanol–water partition coefficient (Wildman–Crippen LogP) is 5.61. The zero-order valence-electron chi connectivity index (χ0n) is 15.1. The molecule has 2 rings (SSSR count). The summed E-state index contributed by atoms with van der Waals surface area (Å²) in [5.74, 6) is -0.385. The average molecular weight is 428 g/mol. The average Bonchev–Trinajstić information content (AvgIpc) is 2.69. The molecular formula is C20H14F6N2O2. The number of nitriles is 1. The Morgan fingerprint density at radius 2 is 1.60 bits per heavy atom. The zero-order chi connectivity index (χ0) is 22.5. The first-order chi connectivity index (χ1) is 14.0. The number of alkyl halides is 6. The molecule has 10 heteroatoms. The minimum atomic E-state index is -4.77. The lowest BCUT2D eigenvalue weighted by atomic mass is 10.1. The summed E-state index contributed by atoms with van der Waals surface area (Å²) in [7, 11) is 0. The van der Waals surface area contributed by atoms with Crippen molar-refractivity contribution in [2.45, 2.75) is 18.5 Å². The molecule has 0 aromatic heterocycles. The molecule has 0 aliphatic heterocycles. The van der Waals surface area contributed by atoms with Gasteiger partial charge in [-0.25, -0.2) is 0 Å². The van der Waals surface area contributed by atoms with Gasteiger partial charge < -0.3 is 14.9 Å². The largest absolute Gasteiger partial charge is 0.489 e. The first-order valence-corrected chi connectivity index (χ1v) is 8.24. The van der Waals surface area contributed by atoms with E-state index in [1.54, 1.807) is 0 Å². The third-order valence-corrected chi connectivity index (χ3v) is 3.87. The van der Waals surface area contributed by atoms with E-state index in [-0.39, 0.29) is 23.7 Å². The fourth-order valence-corrected chi connectivity index (χ4v) is 2.43. The second kappa shape index (κ2) is 8.90. The summed E-state index contributed by atoms with van der Waals surface area (Å²) in [6.07, 6.45) is -8.68. The first kappa shape index (κ1) is 22.8. The summed E-state index contributed by atoms with van der Waals surface area (Å²) in [4.78, 5) is 0. The van der Waals surface area contributed by atoms with Crippen molar-refractivity contribution in [1.29, 1.82) is 10.7 Å². The molecular weight excluding hydrogens is 414 g/mol. The summed E-state index contributed by atoms with van der Waals surface area (Å²) in [6, 6.07) is 7.19. The van der Waals surface area contributed by atoms with Gasteiger partial charge in [0.1, 0.15) is 18.1 Å². The van der Waals surface area contributed by atoms with Gasteiger partial charge in [0, 0.05) is 11.8 Å². The molecule has 2 aromatic rings. The van der Waals surface area contributed by atoms with Crippen LogP contribution in [-0.4, -0.2) is 18.9 Å². The second-order valence-electron chi connectivity index (χ2n) is 5.91. The fraction of sp³-hybridized carbons (Fsp3) is 0.200. The van der Waals surface area contributed by atoms with E-state index in [2.05, 4.69) is 6.58 Å². The fourth-order valence-electron chi connectivity index (χ4n) is 2.43. The molecule has 4 nitrogen and oxygen atoms in total. The van der Waals surface area contributed by atoms with E-state index in [1.807, 2.05) is 0 Å². The van der Waals surface area contributed by atoms with Gasteiger partial charge >= 0.3 is 12.4 Å². The van der Waals surface area contributed by atoms with E-state index in [1.165, 1.54) is 18.2 Å². The van der Waals surface area contributed by atoms with E-state index in [0.29, 0.717) is 18.3 Å². The normalized spacial score (nSPS) is 12.6. The Balaban J connectivity index is 2.17. The molecule has 0 radical (unpaired) electrons. The number of nitrogens with zero attached hydrogens (tertiary/aromatic N) is 1. The number of rotatable bonds is 7. The molecule has 0 heterocycles. The quantitative estimate of drug-likeness (QED) is 0.354. The lowest BCUT2D eigenvalue weighted by molar-refractivity contribution is -0.138. The molecule has 0 fully saturated rings. The lowest BCUT2D eigenvalue weighted by Gasteiger charge is -2.19. The molecule has 0 aliphatic rings. The molecule has 0 aliphatic carbocycles. The van der Waals surface area contributed by atoms with Crippen molar-refractivity contribution in [2.75, 3.05) is 6.61 Å². The number of benzene rings is 2. The van der Waals surface area contributed by atoms with Crippen LogP contribution in [0.5, 0.6) is 11.5 Å². The Morgan fingerprint density at radius 1 is 1.00 bits per heavy atom. The number of hydrogen-bond donors (Lipinski definition) is 1. The molecule has 158 valence electrons. The van der Waals surface area contributed by atoms with Crippen LogP contribution in [0.4, 0.5) is 26.3 Å². The van der Waals surface area contributed by atoms with Crippen LogP contribution in [0.1, 0.15) is 22.3 Å². The minimum Gasteiger partial charge on any atom is -0.489 e. The molecule has 1 atom stereocenters. The second-order valence-corrected chi connectivity index (χ2v) is 5.91. The molecule has 30 heavy (non-hydrogen) atoms. The van der Waals surface area contributed by atoms with Crippen molar-refractivity contribution < 1.29 is 35.8 Å². The number of ether oxygens (including phenoxy) is 2. The van der Waals surface area contributed by atoms with Crippen LogP contribution in [0.15, 0.2) is 49.1 Å². The van der Waals surface area contributed by atoms with Crippen molar-refractivity contribution >= 4 is 6.21 Å². The van der Waals surface area contributed by atoms with Gasteiger partial charge in [-0.05, 0) is 42.5 Å². The Labute approximate surface area is 167 Å². The molecule has 1 N–H and O–H groups in total. The topological polar surface area (TPSA) is 66.1 Å². The molecule has 2 aromatic carbocycles. The van der Waals surface area contributed by atoms with Gasteiger partial charge in [0.05, 0.1) is 22.8 Å². The highest BCUT2D eigenvalue weighted by atomic mass is 19.4. The summed E-state index contributed by atoms with van der Waals surface area (Å²) in [5.41, 5.74) is -3.16. The monoisotopic (exact) mass is 428 g/mol.